The molecule has 1 amide bonds. The summed E-state index contributed by atoms with van der Waals surface area (Å²) in [4.78, 5) is 16.0. The topological polar surface area (TPSA) is 61.6 Å². The maximum atomic E-state index is 12.0. The van der Waals surface area contributed by atoms with Gasteiger partial charge in [0.2, 0.25) is 5.91 Å². The first-order valence-electron chi connectivity index (χ1n) is 6.33. The molecule has 0 bridgehead atoms. The lowest BCUT2D eigenvalue weighted by Crippen LogP contribution is -2.50. The molecule has 0 spiro atoms. The number of unbranched alkanes of at least 4 members (excludes halogenated alkanes) is 1. The first-order chi connectivity index (χ1) is 8.70. The molecular weight excluding hydrogens is 232 g/mol. The van der Waals surface area contributed by atoms with Crippen molar-refractivity contribution in [2.45, 2.75) is 12.8 Å². The monoisotopic (exact) mass is 252 g/mol. The van der Waals surface area contributed by atoms with Gasteiger partial charge in [-0.15, -0.1) is 0 Å². The number of carbonyl (C=O) groups excluding carboxylic acids is 1. The molecule has 0 radical (unpaired) electrons. The molecule has 1 fully saturated rings. The SMILES string of the molecule is Cn1cc(N2CCN(CCCCO)CC2=O)cn1. The number of amides is 1. The Morgan fingerprint density at radius 3 is 2.83 bits per heavy atom. The smallest absolute Gasteiger partial charge is 0.241 e. The standard InChI is InChI=1S/C12H20N4O2/c1-14-9-11(8-13-14)16-6-5-15(10-12(16)18)4-2-3-7-17/h8-9,17H,2-7,10H2,1H3. The van der Waals surface area contributed by atoms with Crippen molar-refractivity contribution in [3.8, 4) is 0 Å². The van der Waals surface area contributed by atoms with Crippen LogP contribution in [0.25, 0.3) is 0 Å². The van der Waals surface area contributed by atoms with E-state index in [-0.39, 0.29) is 12.5 Å². The van der Waals surface area contributed by atoms with Gasteiger partial charge in [0.15, 0.2) is 0 Å². The molecule has 1 aromatic rings. The van der Waals surface area contributed by atoms with Gasteiger partial charge >= 0.3 is 0 Å². The Hall–Kier alpha value is -1.40. The fourth-order valence-corrected chi connectivity index (χ4v) is 2.18. The van der Waals surface area contributed by atoms with Crippen molar-refractivity contribution in [2.75, 3.05) is 37.7 Å². The molecule has 6 nitrogen and oxygen atoms in total. The molecule has 0 atom stereocenters. The summed E-state index contributed by atoms with van der Waals surface area (Å²) >= 11 is 0. The molecule has 6 heteroatoms. The number of hydrogen-bond acceptors (Lipinski definition) is 4. The Morgan fingerprint density at radius 1 is 1.39 bits per heavy atom. The van der Waals surface area contributed by atoms with Gasteiger partial charge < -0.3 is 10.0 Å². The number of aromatic nitrogens is 2. The molecular formula is C12H20N4O2. The summed E-state index contributed by atoms with van der Waals surface area (Å²) < 4.78 is 1.70. The second-order valence-electron chi connectivity index (χ2n) is 4.62. The minimum Gasteiger partial charge on any atom is -0.396 e. The Bertz CT molecular complexity index is 405. The van der Waals surface area contributed by atoms with E-state index in [1.54, 1.807) is 15.8 Å². The number of carbonyl (C=O) groups is 1. The highest BCUT2D eigenvalue weighted by molar-refractivity contribution is 5.95. The Labute approximate surface area is 107 Å². The summed E-state index contributed by atoms with van der Waals surface area (Å²) in [6.07, 6.45) is 5.33. The molecule has 1 N–H and O–H groups in total. The van der Waals surface area contributed by atoms with E-state index in [0.717, 1.165) is 31.6 Å². The van der Waals surface area contributed by atoms with E-state index in [9.17, 15) is 4.79 Å². The lowest BCUT2D eigenvalue weighted by molar-refractivity contribution is -0.121. The zero-order chi connectivity index (χ0) is 13.0. The average molecular weight is 252 g/mol. The maximum absolute atomic E-state index is 12.0. The number of rotatable bonds is 5. The van der Waals surface area contributed by atoms with Gasteiger partial charge in [-0.25, -0.2) is 0 Å². The van der Waals surface area contributed by atoms with Crippen LogP contribution in [-0.4, -0.2) is 58.5 Å². The van der Waals surface area contributed by atoms with E-state index in [1.807, 2.05) is 13.2 Å². The number of anilines is 1. The van der Waals surface area contributed by atoms with Gasteiger partial charge in [0.05, 0.1) is 18.4 Å². The third-order valence-corrected chi connectivity index (χ3v) is 3.19. The molecule has 2 rings (SSSR count). The van der Waals surface area contributed by atoms with Crippen molar-refractivity contribution in [3.05, 3.63) is 12.4 Å². The van der Waals surface area contributed by atoms with Crippen LogP contribution in [0.3, 0.4) is 0 Å². The summed E-state index contributed by atoms with van der Waals surface area (Å²) in [6.45, 7) is 3.16. The summed E-state index contributed by atoms with van der Waals surface area (Å²) in [5.41, 5.74) is 0.873. The molecule has 18 heavy (non-hydrogen) atoms. The lowest BCUT2D eigenvalue weighted by atomic mass is 10.2. The van der Waals surface area contributed by atoms with Crippen molar-refractivity contribution in [1.29, 1.82) is 0 Å². The Morgan fingerprint density at radius 2 is 2.22 bits per heavy atom. The molecule has 0 aliphatic carbocycles. The van der Waals surface area contributed by atoms with Crippen LogP contribution >= 0.6 is 0 Å². The summed E-state index contributed by atoms with van der Waals surface area (Å²) in [6, 6.07) is 0. The van der Waals surface area contributed by atoms with E-state index >= 15 is 0 Å². The minimum atomic E-state index is 0.123. The molecule has 1 aromatic heterocycles. The predicted octanol–water partition coefficient (Wildman–Crippen LogP) is -0.159. The Kier molecular flexibility index (Phi) is 4.33. The number of hydrogen-bond donors (Lipinski definition) is 1. The molecule has 0 aromatic carbocycles. The van der Waals surface area contributed by atoms with E-state index < -0.39 is 0 Å². The second-order valence-corrected chi connectivity index (χ2v) is 4.62. The lowest BCUT2D eigenvalue weighted by Gasteiger charge is -2.33. The number of aliphatic hydroxyl groups is 1. The van der Waals surface area contributed by atoms with Crippen molar-refractivity contribution in [2.24, 2.45) is 7.05 Å². The van der Waals surface area contributed by atoms with Crippen LogP contribution in [0.15, 0.2) is 12.4 Å². The van der Waals surface area contributed by atoms with Gasteiger partial charge in [0, 0.05) is 32.9 Å². The van der Waals surface area contributed by atoms with Crippen molar-refractivity contribution in [3.63, 3.8) is 0 Å². The predicted molar refractivity (Wildman–Crippen MR) is 68.3 cm³/mol. The van der Waals surface area contributed by atoms with Gasteiger partial charge in [0.1, 0.15) is 0 Å². The number of nitrogens with zero attached hydrogens (tertiary/aromatic N) is 4. The van der Waals surface area contributed by atoms with Crippen LogP contribution in [0.4, 0.5) is 5.69 Å². The molecule has 1 aliphatic rings. The molecule has 0 unspecified atom stereocenters. The van der Waals surface area contributed by atoms with Crippen LogP contribution < -0.4 is 4.90 Å². The average Bonchev–Trinajstić information content (AvgIpc) is 2.76. The van der Waals surface area contributed by atoms with Gasteiger partial charge in [0.25, 0.3) is 0 Å². The van der Waals surface area contributed by atoms with E-state index in [4.69, 9.17) is 5.11 Å². The highest BCUT2D eigenvalue weighted by atomic mass is 16.3. The maximum Gasteiger partial charge on any atom is 0.241 e. The van der Waals surface area contributed by atoms with Gasteiger partial charge in [-0.3, -0.25) is 14.4 Å². The van der Waals surface area contributed by atoms with E-state index in [0.29, 0.717) is 13.1 Å². The highest BCUT2D eigenvalue weighted by Crippen LogP contribution is 2.16. The third kappa shape index (κ3) is 3.08. The molecule has 0 saturated carbocycles. The summed E-state index contributed by atoms with van der Waals surface area (Å²) in [5.74, 6) is 0.123. The molecule has 1 saturated heterocycles. The highest BCUT2D eigenvalue weighted by Gasteiger charge is 2.25. The zero-order valence-corrected chi connectivity index (χ0v) is 10.7. The summed E-state index contributed by atoms with van der Waals surface area (Å²) in [7, 11) is 1.85. The first kappa shape index (κ1) is 13.0. The number of aliphatic hydroxyl groups excluding tert-OH is 1. The molecule has 100 valence electrons. The van der Waals surface area contributed by atoms with Gasteiger partial charge in [-0.2, -0.15) is 5.10 Å². The quantitative estimate of drug-likeness (QED) is 0.740. The summed E-state index contributed by atoms with van der Waals surface area (Å²) in [5, 5.41) is 12.8. The fraction of sp³-hybridized carbons (Fsp3) is 0.667. The molecule has 1 aliphatic heterocycles. The first-order valence-corrected chi connectivity index (χ1v) is 6.33. The minimum absolute atomic E-state index is 0.123. The van der Waals surface area contributed by atoms with Crippen LogP contribution in [0.1, 0.15) is 12.8 Å². The largest absolute Gasteiger partial charge is 0.396 e. The number of aryl methyl sites for hydroxylation is 1. The molecule has 2 heterocycles. The van der Waals surface area contributed by atoms with E-state index in [1.165, 1.54) is 0 Å². The van der Waals surface area contributed by atoms with Gasteiger partial charge in [-0.05, 0) is 19.4 Å². The van der Waals surface area contributed by atoms with Crippen molar-refractivity contribution in [1.82, 2.24) is 14.7 Å². The van der Waals surface area contributed by atoms with E-state index in [2.05, 4.69) is 10.00 Å². The normalized spacial score (nSPS) is 17.4. The van der Waals surface area contributed by atoms with Crippen molar-refractivity contribution < 1.29 is 9.90 Å². The van der Waals surface area contributed by atoms with Crippen LogP contribution in [0.2, 0.25) is 0 Å². The van der Waals surface area contributed by atoms with Crippen LogP contribution in [0.5, 0.6) is 0 Å². The Balaban J connectivity index is 1.87. The zero-order valence-electron chi connectivity index (χ0n) is 10.7. The third-order valence-electron chi connectivity index (χ3n) is 3.19. The van der Waals surface area contributed by atoms with Crippen molar-refractivity contribution >= 4 is 11.6 Å². The van der Waals surface area contributed by atoms with Crippen LogP contribution in [0, 0.1) is 0 Å². The second kappa shape index (κ2) is 5.97. The fourth-order valence-electron chi connectivity index (χ4n) is 2.18. The van der Waals surface area contributed by atoms with Gasteiger partial charge in [-0.1, -0.05) is 0 Å². The van der Waals surface area contributed by atoms with Crippen LogP contribution in [-0.2, 0) is 11.8 Å². The number of piperazine rings is 1.